The smallest absolute Gasteiger partial charge is 0.346 e. The lowest BCUT2D eigenvalue weighted by Gasteiger charge is -2.51. The average molecular weight is 478 g/mol. The Bertz CT molecular complexity index is 1130. The third kappa shape index (κ3) is 3.90. The molecule has 1 saturated heterocycles. The van der Waals surface area contributed by atoms with Crippen LogP contribution < -0.4 is 15.0 Å². The van der Waals surface area contributed by atoms with Gasteiger partial charge in [0.05, 0.1) is 24.5 Å². The number of aryl methyl sites for hydroxylation is 2. The molecule has 2 atom stereocenters. The number of nitrogens with zero attached hydrogens (tertiary/aromatic N) is 6. The van der Waals surface area contributed by atoms with E-state index in [0.29, 0.717) is 27.9 Å². The molecule has 1 amide bonds. The lowest BCUT2D eigenvalue weighted by Crippen LogP contribution is -2.68. The molecule has 2 aromatic rings. The summed E-state index contributed by atoms with van der Waals surface area (Å²) in [4.78, 5) is 38.2. The maximum atomic E-state index is 12.9. The van der Waals surface area contributed by atoms with Crippen LogP contribution in [0, 0.1) is 0 Å². The number of carbonyl (C=O) groups excluding carboxylic acids is 3. The topological polar surface area (TPSA) is 146 Å². The number of carbonyl (C=O) groups is 3. The number of β-lactam (4-membered cyclic amide) rings is 1. The highest BCUT2D eigenvalue weighted by molar-refractivity contribution is 8.01. The Hall–Kier alpha value is -3.13. The first kappa shape index (κ1) is 22.1. The molecular weight excluding hydrogens is 458 g/mol. The molecule has 2 aliphatic heterocycles. The SMILES string of the molecule is COC(=O)c1c[n+](C)ccc1N[C@@H]1C(=O)N2C(C(=O)[O-])=C(CSc3nnnn3C)CS[C@H]12. The van der Waals surface area contributed by atoms with E-state index in [9.17, 15) is 19.5 Å². The monoisotopic (exact) mass is 477 g/mol. The molecule has 1 fully saturated rings. The van der Waals surface area contributed by atoms with Gasteiger partial charge in [0.15, 0.2) is 12.4 Å². The Morgan fingerprint density at radius 3 is 2.91 bits per heavy atom. The number of aromatic nitrogens is 5. The van der Waals surface area contributed by atoms with Crippen molar-refractivity contribution in [2.24, 2.45) is 14.1 Å². The number of aliphatic carboxylic acids is 1. The average Bonchev–Trinajstić information content (AvgIpc) is 3.19. The number of nitrogens with one attached hydrogen (secondary N) is 1. The van der Waals surface area contributed by atoms with Crippen molar-refractivity contribution in [2.75, 3.05) is 23.9 Å². The molecule has 0 aliphatic carbocycles. The van der Waals surface area contributed by atoms with Crippen LogP contribution in [0.1, 0.15) is 10.4 Å². The van der Waals surface area contributed by atoms with Gasteiger partial charge < -0.3 is 20.0 Å². The fraction of sp³-hybridized carbons (Fsp3) is 0.389. The highest BCUT2D eigenvalue weighted by Crippen LogP contribution is 2.42. The zero-order chi connectivity index (χ0) is 23.0. The molecule has 1 N–H and O–H groups in total. The number of esters is 1. The summed E-state index contributed by atoms with van der Waals surface area (Å²) in [5.74, 6) is -1.65. The Balaban J connectivity index is 1.54. The van der Waals surface area contributed by atoms with Crippen LogP contribution >= 0.6 is 23.5 Å². The number of carboxylic acids is 1. The molecule has 32 heavy (non-hydrogen) atoms. The third-order valence-electron chi connectivity index (χ3n) is 5.01. The largest absolute Gasteiger partial charge is 0.543 e. The van der Waals surface area contributed by atoms with Gasteiger partial charge in [-0.15, -0.1) is 16.9 Å². The second-order valence-corrected chi connectivity index (χ2v) is 9.12. The van der Waals surface area contributed by atoms with Gasteiger partial charge in [0.25, 0.3) is 5.91 Å². The molecule has 4 heterocycles. The minimum Gasteiger partial charge on any atom is -0.543 e. The summed E-state index contributed by atoms with van der Waals surface area (Å²) in [7, 11) is 4.72. The van der Waals surface area contributed by atoms with E-state index in [2.05, 4.69) is 20.8 Å². The van der Waals surface area contributed by atoms with Crippen molar-refractivity contribution in [3.05, 3.63) is 35.3 Å². The zero-order valence-corrected chi connectivity index (χ0v) is 19.0. The number of amides is 1. The lowest BCUT2D eigenvalue weighted by molar-refractivity contribution is -0.671. The summed E-state index contributed by atoms with van der Waals surface area (Å²) >= 11 is 2.72. The Kier molecular flexibility index (Phi) is 6.06. The summed E-state index contributed by atoms with van der Waals surface area (Å²) in [5, 5.41) is 26.2. The van der Waals surface area contributed by atoms with E-state index in [4.69, 9.17) is 4.74 Å². The number of hydrogen-bond donors (Lipinski definition) is 1. The van der Waals surface area contributed by atoms with E-state index in [-0.39, 0.29) is 11.3 Å². The van der Waals surface area contributed by atoms with E-state index in [1.807, 2.05) is 0 Å². The molecule has 4 rings (SSSR count). The molecule has 12 nitrogen and oxygen atoms in total. The summed E-state index contributed by atoms with van der Waals surface area (Å²) in [5.41, 5.74) is 1.15. The first-order chi connectivity index (χ1) is 15.3. The molecule has 0 saturated carbocycles. The molecule has 0 bridgehead atoms. The van der Waals surface area contributed by atoms with Gasteiger partial charge in [-0.1, -0.05) is 11.8 Å². The molecule has 14 heteroatoms. The van der Waals surface area contributed by atoms with Gasteiger partial charge in [-0.25, -0.2) is 14.0 Å². The van der Waals surface area contributed by atoms with Gasteiger partial charge in [-0.2, -0.15) is 0 Å². The number of methoxy groups -OCH3 is 1. The number of thioether (sulfide) groups is 2. The third-order valence-corrected chi connectivity index (χ3v) is 7.45. The number of rotatable bonds is 7. The molecule has 0 spiro atoms. The Labute approximate surface area is 191 Å². The first-order valence-corrected chi connectivity index (χ1v) is 11.4. The summed E-state index contributed by atoms with van der Waals surface area (Å²) in [6, 6.07) is 0.977. The van der Waals surface area contributed by atoms with E-state index >= 15 is 0 Å². The normalized spacial score (nSPS) is 20.0. The predicted octanol–water partition coefficient (Wildman–Crippen LogP) is -1.69. The molecule has 2 aromatic heterocycles. The van der Waals surface area contributed by atoms with Gasteiger partial charge >= 0.3 is 5.97 Å². The first-order valence-electron chi connectivity index (χ1n) is 9.39. The van der Waals surface area contributed by atoms with Crippen molar-refractivity contribution in [3.63, 3.8) is 0 Å². The van der Waals surface area contributed by atoms with Crippen molar-refractivity contribution in [3.8, 4) is 0 Å². The molecule has 2 aliphatic rings. The van der Waals surface area contributed by atoms with E-state index in [1.54, 1.807) is 37.1 Å². The molecule has 0 unspecified atom stereocenters. The van der Waals surface area contributed by atoms with Crippen LogP contribution in [0.25, 0.3) is 0 Å². The highest BCUT2D eigenvalue weighted by Gasteiger charge is 2.52. The Morgan fingerprint density at radius 1 is 1.47 bits per heavy atom. The van der Waals surface area contributed by atoms with Gasteiger partial charge in [0, 0.05) is 24.6 Å². The number of hydrogen-bond acceptors (Lipinski definition) is 11. The van der Waals surface area contributed by atoms with Crippen molar-refractivity contribution < 1.29 is 28.8 Å². The van der Waals surface area contributed by atoms with Crippen molar-refractivity contribution in [2.45, 2.75) is 16.6 Å². The number of tetrazole rings is 1. The van der Waals surface area contributed by atoms with Crippen molar-refractivity contribution in [1.82, 2.24) is 25.1 Å². The van der Waals surface area contributed by atoms with Crippen LogP contribution in [0.4, 0.5) is 5.69 Å². The second-order valence-electron chi connectivity index (χ2n) is 7.07. The fourth-order valence-electron chi connectivity index (χ4n) is 3.44. The summed E-state index contributed by atoms with van der Waals surface area (Å²) in [6.45, 7) is 0. The molecule has 0 aromatic carbocycles. The number of carboxylic acid groups (broad SMARTS) is 1. The second kappa shape index (κ2) is 8.78. The fourth-order valence-corrected chi connectivity index (χ4v) is 5.78. The minimum atomic E-state index is -1.41. The van der Waals surface area contributed by atoms with Crippen molar-refractivity contribution in [1.29, 1.82) is 0 Å². The van der Waals surface area contributed by atoms with Gasteiger partial charge in [-0.3, -0.25) is 9.69 Å². The van der Waals surface area contributed by atoms with Gasteiger partial charge in [0.1, 0.15) is 24.0 Å². The van der Waals surface area contributed by atoms with Gasteiger partial charge in [-0.05, 0) is 16.0 Å². The van der Waals surface area contributed by atoms with Crippen LogP contribution in [0.15, 0.2) is 34.9 Å². The van der Waals surface area contributed by atoms with E-state index < -0.39 is 29.3 Å². The quantitative estimate of drug-likeness (QED) is 0.211. The van der Waals surface area contributed by atoms with E-state index in [1.165, 1.54) is 40.2 Å². The van der Waals surface area contributed by atoms with Crippen LogP contribution in [0.2, 0.25) is 0 Å². The lowest BCUT2D eigenvalue weighted by atomic mass is 10.0. The predicted molar refractivity (Wildman–Crippen MR) is 111 cm³/mol. The number of ether oxygens (including phenoxy) is 1. The summed E-state index contributed by atoms with van der Waals surface area (Å²) in [6.07, 6.45) is 3.32. The minimum absolute atomic E-state index is 0.118. The maximum absolute atomic E-state index is 12.9. The van der Waals surface area contributed by atoms with Gasteiger partial charge in [0.2, 0.25) is 5.16 Å². The number of anilines is 1. The van der Waals surface area contributed by atoms with E-state index in [0.717, 1.165) is 0 Å². The standard InChI is InChI=1S/C18H19N7O5S2/c1-23-5-4-11(10(6-23)17(29)30-3)19-12-14(26)25-13(16(27)28)9(7-31-15(12)25)8-32-18-20-21-22-24(18)2/h4-6,12,15H,7-8H2,1-3H3,(H,27,28)/t12-,15-/m1/s1. The molecule has 0 radical (unpaired) electrons. The number of fused-ring (bicyclic) bond motifs is 1. The van der Waals surface area contributed by atoms with Crippen LogP contribution in [0.5, 0.6) is 0 Å². The maximum Gasteiger partial charge on any atom is 0.346 e. The van der Waals surface area contributed by atoms with Crippen molar-refractivity contribution >= 4 is 47.1 Å². The van der Waals surface area contributed by atoms with Crippen LogP contribution in [-0.4, -0.2) is 73.0 Å². The Morgan fingerprint density at radius 2 is 2.25 bits per heavy atom. The van der Waals surface area contributed by atoms with Crippen LogP contribution in [0.3, 0.4) is 0 Å². The summed E-state index contributed by atoms with van der Waals surface area (Å²) < 4.78 is 7.99. The zero-order valence-electron chi connectivity index (χ0n) is 17.3. The number of pyridine rings is 1. The molecule has 168 valence electrons. The van der Waals surface area contributed by atoms with Crippen LogP contribution in [-0.2, 0) is 28.4 Å². The highest BCUT2D eigenvalue weighted by atomic mass is 32.2. The molecular formula is C18H19N7O5S2.